The highest BCUT2D eigenvalue weighted by molar-refractivity contribution is 5.70. The minimum Gasteiger partial charge on any atom is -0.481 e. The van der Waals surface area contributed by atoms with Crippen LogP contribution in [0, 0.1) is 11.8 Å². The van der Waals surface area contributed by atoms with Crippen molar-refractivity contribution in [1.82, 2.24) is 14.8 Å². The zero-order chi connectivity index (χ0) is 11.7. The number of fused-ring (bicyclic) bond motifs is 1. The molecule has 1 atom stereocenters. The van der Waals surface area contributed by atoms with E-state index in [1.165, 1.54) is 0 Å². The lowest BCUT2D eigenvalue weighted by Gasteiger charge is -2.21. The van der Waals surface area contributed by atoms with Crippen LogP contribution in [0.15, 0.2) is 0 Å². The van der Waals surface area contributed by atoms with Gasteiger partial charge >= 0.3 is 5.97 Å². The lowest BCUT2D eigenvalue weighted by molar-refractivity contribution is -0.142. The molecule has 2 rings (SSSR count). The van der Waals surface area contributed by atoms with Crippen molar-refractivity contribution in [3.05, 3.63) is 11.6 Å². The summed E-state index contributed by atoms with van der Waals surface area (Å²) in [5.74, 6) is 1.38. The fourth-order valence-electron chi connectivity index (χ4n) is 2.10. The molecule has 0 bridgehead atoms. The van der Waals surface area contributed by atoms with Gasteiger partial charge in [-0.3, -0.25) is 4.79 Å². The van der Waals surface area contributed by atoms with Crippen LogP contribution in [0.3, 0.4) is 0 Å². The fourth-order valence-corrected chi connectivity index (χ4v) is 2.10. The van der Waals surface area contributed by atoms with Crippen LogP contribution in [0.5, 0.6) is 0 Å². The first kappa shape index (κ1) is 11.1. The Morgan fingerprint density at radius 3 is 2.94 bits per heavy atom. The largest absolute Gasteiger partial charge is 0.481 e. The topological polar surface area (TPSA) is 68.0 Å². The normalized spacial score (nSPS) is 19.8. The molecule has 5 nitrogen and oxygen atoms in total. The number of carbonyl (C=O) groups is 1. The number of hydrogen-bond donors (Lipinski definition) is 1. The van der Waals surface area contributed by atoms with Crippen molar-refractivity contribution in [3.63, 3.8) is 0 Å². The molecule has 1 N–H and O–H groups in total. The summed E-state index contributed by atoms with van der Waals surface area (Å²) in [5, 5.41) is 17.3. The van der Waals surface area contributed by atoms with E-state index >= 15 is 0 Å². The molecule has 5 heteroatoms. The van der Waals surface area contributed by atoms with E-state index in [1.54, 1.807) is 0 Å². The Morgan fingerprint density at radius 2 is 2.31 bits per heavy atom. The molecule has 0 saturated carbocycles. The lowest BCUT2D eigenvalue weighted by Crippen LogP contribution is -2.27. The summed E-state index contributed by atoms with van der Waals surface area (Å²) in [6, 6.07) is 0. The number of rotatable bonds is 3. The lowest BCUT2D eigenvalue weighted by atomic mass is 9.99. The summed E-state index contributed by atoms with van der Waals surface area (Å²) in [4.78, 5) is 11.0. The molecule has 0 saturated heterocycles. The Labute approximate surface area is 94.5 Å². The smallest absolute Gasteiger partial charge is 0.308 e. The maximum Gasteiger partial charge on any atom is 0.308 e. The monoisotopic (exact) mass is 223 g/mol. The van der Waals surface area contributed by atoms with Crippen molar-refractivity contribution >= 4 is 5.97 Å². The third-order valence-corrected chi connectivity index (χ3v) is 2.96. The van der Waals surface area contributed by atoms with E-state index in [4.69, 9.17) is 5.11 Å². The molecular weight excluding hydrogens is 206 g/mol. The van der Waals surface area contributed by atoms with Crippen LogP contribution in [-0.4, -0.2) is 25.8 Å². The number of aryl methyl sites for hydroxylation is 1. The first-order chi connectivity index (χ1) is 7.58. The summed E-state index contributed by atoms with van der Waals surface area (Å²) in [6.07, 6.45) is 2.26. The van der Waals surface area contributed by atoms with Crippen LogP contribution in [0.4, 0.5) is 0 Å². The highest BCUT2D eigenvalue weighted by Gasteiger charge is 2.27. The summed E-state index contributed by atoms with van der Waals surface area (Å²) < 4.78 is 1.99. The second-order valence-electron chi connectivity index (χ2n) is 4.81. The summed E-state index contributed by atoms with van der Waals surface area (Å²) in [6.45, 7) is 4.78. The van der Waals surface area contributed by atoms with E-state index in [2.05, 4.69) is 24.0 Å². The number of nitrogens with zero attached hydrogens (tertiary/aromatic N) is 3. The first-order valence-electron chi connectivity index (χ1n) is 5.71. The standard InChI is InChI=1S/C11H17N3O2/c1-7(2)5-10-13-12-9-4-3-8(11(15)16)6-14(9)10/h7-8H,3-6H2,1-2H3,(H,15,16). The van der Waals surface area contributed by atoms with Crippen LogP contribution in [-0.2, 0) is 24.2 Å². The van der Waals surface area contributed by atoms with Crippen LogP contribution >= 0.6 is 0 Å². The van der Waals surface area contributed by atoms with Crippen LogP contribution in [0.1, 0.15) is 31.9 Å². The van der Waals surface area contributed by atoms with Gasteiger partial charge in [-0.25, -0.2) is 0 Å². The Bertz CT molecular complexity index is 398. The molecule has 1 aromatic rings. The molecule has 0 spiro atoms. The third-order valence-electron chi connectivity index (χ3n) is 2.96. The highest BCUT2D eigenvalue weighted by atomic mass is 16.4. The van der Waals surface area contributed by atoms with Gasteiger partial charge in [0, 0.05) is 19.4 Å². The maximum absolute atomic E-state index is 11.0. The van der Waals surface area contributed by atoms with E-state index in [1.807, 2.05) is 4.57 Å². The Kier molecular flexibility index (Phi) is 2.94. The second kappa shape index (κ2) is 4.23. The van der Waals surface area contributed by atoms with Crippen LogP contribution in [0.2, 0.25) is 0 Å². The zero-order valence-electron chi connectivity index (χ0n) is 9.68. The maximum atomic E-state index is 11.0. The number of aromatic nitrogens is 3. The number of hydrogen-bond acceptors (Lipinski definition) is 3. The predicted molar refractivity (Wildman–Crippen MR) is 58.0 cm³/mol. The molecule has 0 aliphatic carbocycles. The van der Waals surface area contributed by atoms with E-state index in [0.29, 0.717) is 18.9 Å². The van der Waals surface area contributed by atoms with Gasteiger partial charge in [0.05, 0.1) is 5.92 Å². The molecule has 0 radical (unpaired) electrons. The summed E-state index contributed by atoms with van der Waals surface area (Å²) in [7, 11) is 0. The molecule has 1 aliphatic rings. The van der Waals surface area contributed by atoms with Crippen molar-refractivity contribution in [1.29, 1.82) is 0 Å². The number of carboxylic acid groups (broad SMARTS) is 1. The average Bonchev–Trinajstić information content (AvgIpc) is 2.60. The summed E-state index contributed by atoms with van der Waals surface area (Å²) in [5.41, 5.74) is 0. The quantitative estimate of drug-likeness (QED) is 0.833. The molecule has 1 unspecified atom stereocenters. The van der Waals surface area contributed by atoms with Crippen molar-refractivity contribution in [3.8, 4) is 0 Å². The van der Waals surface area contributed by atoms with E-state index in [-0.39, 0.29) is 5.92 Å². The molecule has 16 heavy (non-hydrogen) atoms. The average molecular weight is 223 g/mol. The predicted octanol–water partition coefficient (Wildman–Crippen LogP) is 1.12. The van der Waals surface area contributed by atoms with Gasteiger partial charge in [0.1, 0.15) is 11.6 Å². The zero-order valence-corrected chi connectivity index (χ0v) is 9.68. The van der Waals surface area contributed by atoms with E-state index in [9.17, 15) is 4.79 Å². The fraction of sp³-hybridized carbons (Fsp3) is 0.727. The van der Waals surface area contributed by atoms with Crippen LogP contribution < -0.4 is 0 Å². The minimum absolute atomic E-state index is 0.283. The first-order valence-corrected chi connectivity index (χ1v) is 5.71. The molecule has 88 valence electrons. The molecular formula is C11H17N3O2. The van der Waals surface area contributed by atoms with Gasteiger partial charge in [-0.2, -0.15) is 0 Å². The van der Waals surface area contributed by atoms with Gasteiger partial charge in [-0.1, -0.05) is 13.8 Å². The van der Waals surface area contributed by atoms with Crippen molar-refractivity contribution in [2.45, 2.75) is 39.7 Å². The summed E-state index contributed by atoms with van der Waals surface area (Å²) >= 11 is 0. The molecule has 1 aliphatic heterocycles. The second-order valence-corrected chi connectivity index (χ2v) is 4.81. The van der Waals surface area contributed by atoms with Crippen molar-refractivity contribution in [2.75, 3.05) is 0 Å². The molecule has 1 aromatic heterocycles. The molecule has 0 aromatic carbocycles. The van der Waals surface area contributed by atoms with Gasteiger partial charge in [-0.15, -0.1) is 10.2 Å². The Morgan fingerprint density at radius 1 is 1.56 bits per heavy atom. The van der Waals surface area contributed by atoms with Gasteiger partial charge in [0.2, 0.25) is 0 Å². The van der Waals surface area contributed by atoms with Gasteiger partial charge < -0.3 is 9.67 Å². The van der Waals surface area contributed by atoms with Gasteiger partial charge in [0.15, 0.2) is 0 Å². The van der Waals surface area contributed by atoms with E-state index in [0.717, 1.165) is 24.5 Å². The third kappa shape index (κ3) is 2.08. The van der Waals surface area contributed by atoms with Gasteiger partial charge in [0.25, 0.3) is 0 Å². The van der Waals surface area contributed by atoms with E-state index < -0.39 is 5.97 Å². The molecule has 0 amide bonds. The number of aliphatic carboxylic acids is 1. The highest BCUT2D eigenvalue weighted by Crippen LogP contribution is 2.21. The van der Waals surface area contributed by atoms with Gasteiger partial charge in [-0.05, 0) is 12.3 Å². The van der Waals surface area contributed by atoms with Crippen LogP contribution in [0.25, 0.3) is 0 Å². The Balaban J connectivity index is 2.21. The minimum atomic E-state index is -0.713. The van der Waals surface area contributed by atoms with Crippen molar-refractivity contribution in [2.24, 2.45) is 11.8 Å². The van der Waals surface area contributed by atoms with Crippen molar-refractivity contribution < 1.29 is 9.90 Å². The number of carboxylic acids is 1. The Hall–Kier alpha value is -1.39. The molecule has 0 fully saturated rings. The SMILES string of the molecule is CC(C)Cc1nnc2n1CC(C(=O)O)CC2. The molecule has 2 heterocycles.